The second-order valence-corrected chi connectivity index (χ2v) is 8.92. The molecule has 0 spiro atoms. The molecule has 3 aliphatic heterocycles. The Morgan fingerprint density at radius 2 is 1.47 bits per heavy atom. The number of benzene rings is 3. The van der Waals surface area contributed by atoms with Gasteiger partial charge in [0.05, 0.1) is 24.1 Å². The predicted molar refractivity (Wildman–Crippen MR) is 128 cm³/mol. The summed E-state index contributed by atoms with van der Waals surface area (Å²) in [6, 6.07) is 23.9. The number of hydrogen-bond donors (Lipinski definition) is 0. The number of imide groups is 1. The summed E-state index contributed by atoms with van der Waals surface area (Å²) in [7, 11) is 0. The van der Waals surface area contributed by atoms with Gasteiger partial charge in [-0.25, -0.2) is 0 Å². The van der Waals surface area contributed by atoms with Crippen molar-refractivity contribution in [3.8, 4) is 11.1 Å². The van der Waals surface area contributed by atoms with Crippen molar-refractivity contribution in [2.45, 2.75) is 19.0 Å². The van der Waals surface area contributed by atoms with Crippen LogP contribution in [0.15, 0.2) is 84.0 Å². The molecule has 2 amide bonds. The molecule has 168 valence electrons. The largest absolute Gasteiger partial charge is 0.292 e. The summed E-state index contributed by atoms with van der Waals surface area (Å²) < 4.78 is 0. The lowest BCUT2D eigenvalue weighted by Gasteiger charge is -2.33. The second kappa shape index (κ2) is 7.76. The number of ketones is 1. The SMILES string of the molecule is CCN1C(=O)C2C(C1=O)C1c3ccccc3C=NN1C2C(=O)c1ccc(-c2ccccc2)cc1. The summed E-state index contributed by atoms with van der Waals surface area (Å²) in [4.78, 5) is 41.8. The molecule has 0 N–H and O–H groups in total. The van der Waals surface area contributed by atoms with Gasteiger partial charge in [0.2, 0.25) is 11.8 Å². The molecule has 3 aromatic carbocycles. The van der Waals surface area contributed by atoms with Gasteiger partial charge in [-0.1, -0.05) is 78.9 Å². The Morgan fingerprint density at radius 3 is 2.21 bits per heavy atom. The molecule has 4 unspecified atom stereocenters. The fraction of sp³-hybridized carbons (Fsp3) is 0.214. The highest BCUT2D eigenvalue weighted by atomic mass is 16.2. The van der Waals surface area contributed by atoms with Crippen molar-refractivity contribution in [1.82, 2.24) is 9.91 Å². The van der Waals surface area contributed by atoms with Gasteiger partial charge in [0.25, 0.3) is 0 Å². The monoisotopic (exact) mass is 449 g/mol. The third-order valence-corrected chi connectivity index (χ3v) is 7.25. The number of carbonyl (C=O) groups is 3. The van der Waals surface area contributed by atoms with Crippen LogP contribution in [-0.4, -0.2) is 46.3 Å². The highest BCUT2D eigenvalue weighted by Gasteiger charge is 2.64. The summed E-state index contributed by atoms with van der Waals surface area (Å²) in [6.07, 6.45) is 1.72. The van der Waals surface area contributed by atoms with Gasteiger partial charge in [0, 0.05) is 12.1 Å². The lowest BCUT2D eigenvalue weighted by Crippen LogP contribution is -2.44. The van der Waals surface area contributed by atoms with Crippen molar-refractivity contribution >= 4 is 23.8 Å². The average Bonchev–Trinajstić information content (AvgIpc) is 3.36. The van der Waals surface area contributed by atoms with E-state index < -0.39 is 23.9 Å². The van der Waals surface area contributed by atoms with Crippen LogP contribution in [0.5, 0.6) is 0 Å². The van der Waals surface area contributed by atoms with Gasteiger partial charge in [-0.2, -0.15) is 5.10 Å². The van der Waals surface area contributed by atoms with Crippen molar-refractivity contribution in [2.75, 3.05) is 6.54 Å². The van der Waals surface area contributed by atoms with Gasteiger partial charge in [0.15, 0.2) is 5.78 Å². The van der Waals surface area contributed by atoms with E-state index in [9.17, 15) is 14.4 Å². The molecule has 0 radical (unpaired) electrons. The van der Waals surface area contributed by atoms with Gasteiger partial charge in [0.1, 0.15) is 6.04 Å². The predicted octanol–water partition coefficient (Wildman–Crippen LogP) is 3.93. The highest BCUT2D eigenvalue weighted by Crippen LogP contribution is 2.52. The molecule has 3 aliphatic rings. The molecule has 34 heavy (non-hydrogen) atoms. The minimum Gasteiger partial charge on any atom is -0.292 e. The zero-order valence-corrected chi connectivity index (χ0v) is 18.7. The molecule has 0 aromatic heterocycles. The molecule has 6 nitrogen and oxygen atoms in total. The van der Waals surface area contributed by atoms with Crippen molar-refractivity contribution in [3.05, 3.63) is 95.6 Å². The van der Waals surface area contributed by atoms with Crippen LogP contribution in [0, 0.1) is 11.8 Å². The fourth-order valence-electron chi connectivity index (χ4n) is 5.67. The molecule has 6 rings (SSSR count). The van der Waals surface area contributed by atoms with E-state index in [2.05, 4.69) is 5.10 Å². The van der Waals surface area contributed by atoms with E-state index in [4.69, 9.17) is 0 Å². The Hall–Kier alpha value is -4.06. The number of Topliss-reactive ketones (excluding diaryl/α,β-unsaturated/α-hetero) is 1. The summed E-state index contributed by atoms with van der Waals surface area (Å²) in [5, 5.41) is 6.30. The number of hydrogen-bond acceptors (Lipinski definition) is 5. The zero-order valence-electron chi connectivity index (χ0n) is 18.7. The normalized spacial score (nSPS) is 24.7. The van der Waals surface area contributed by atoms with E-state index in [1.807, 2.05) is 66.7 Å². The van der Waals surface area contributed by atoms with Gasteiger partial charge in [-0.05, 0) is 29.2 Å². The maximum atomic E-state index is 13.9. The Balaban J connectivity index is 1.41. The van der Waals surface area contributed by atoms with Crippen LogP contribution in [0.4, 0.5) is 0 Å². The van der Waals surface area contributed by atoms with E-state index in [1.165, 1.54) is 4.90 Å². The number of hydrazone groups is 1. The van der Waals surface area contributed by atoms with Gasteiger partial charge in [-0.15, -0.1) is 0 Å². The van der Waals surface area contributed by atoms with E-state index in [0.29, 0.717) is 12.1 Å². The van der Waals surface area contributed by atoms with Crippen LogP contribution >= 0.6 is 0 Å². The number of carbonyl (C=O) groups excluding carboxylic acids is 3. The van der Waals surface area contributed by atoms with Crippen LogP contribution in [0.2, 0.25) is 0 Å². The van der Waals surface area contributed by atoms with Gasteiger partial charge >= 0.3 is 0 Å². The first-order valence-electron chi connectivity index (χ1n) is 11.6. The molecule has 6 heteroatoms. The number of amides is 2. The Kier molecular flexibility index (Phi) is 4.69. The van der Waals surface area contributed by atoms with E-state index in [0.717, 1.165) is 22.3 Å². The smallest absolute Gasteiger partial charge is 0.235 e. The summed E-state index contributed by atoms with van der Waals surface area (Å²) >= 11 is 0. The Labute approximate surface area is 197 Å². The quantitative estimate of drug-likeness (QED) is 0.447. The third-order valence-electron chi connectivity index (χ3n) is 7.25. The molecule has 2 fully saturated rings. The maximum absolute atomic E-state index is 13.9. The van der Waals surface area contributed by atoms with Gasteiger partial charge in [-0.3, -0.25) is 24.3 Å². The van der Waals surface area contributed by atoms with E-state index in [1.54, 1.807) is 30.3 Å². The maximum Gasteiger partial charge on any atom is 0.235 e. The third kappa shape index (κ3) is 2.88. The lowest BCUT2D eigenvalue weighted by molar-refractivity contribution is -0.141. The Morgan fingerprint density at radius 1 is 0.824 bits per heavy atom. The standard InChI is InChI=1S/C28H23N3O3/c1-2-30-27(33)22-23(28(30)34)25(31-24(22)21-11-7-6-10-20(21)16-29-31)26(32)19-14-12-18(13-15-19)17-8-4-3-5-9-17/h3-16,22-25H,2H2,1H3. The molecule has 4 atom stereocenters. The molecule has 2 saturated heterocycles. The highest BCUT2D eigenvalue weighted by molar-refractivity contribution is 6.12. The van der Waals surface area contributed by atoms with Crippen molar-refractivity contribution < 1.29 is 14.4 Å². The average molecular weight is 450 g/mol. The van der Waals surface area contributed by atoms with Crippen molar-refractivity contribution in [1.29, 1.82) is 0 Å². The molecule has 3 heterocycles. The van der Waals surface area contributed by atoms with Crippen molar-refractivity contribution in [2.24, 2.45) is 16.9 Å². The minimum atomic E-state index is -0.824. The van der Waals surface area contributed by atoms with Gasteiger partial charge < -0.3 is 0 Å². The van der Waals surface area contributed by atoms with Crippen LogP contribution in [-0.2, 0) is 9.59 Å². The topological polar surface area (TPSA) is 70.1 Å². The number of likely N-dealkylation sites (tertiary alicyclic amines) is 1. The zero-order chi connectivity index (χ0) is 23.4. The summed E-state index contributed by atoms with van der Waals surface area (Å²) in [6.45, 7) is 2.09. The fourth-order valence-corrected chi connectivity index (χ4v) is 5.67. The van der Waals surface area contributed by atoms with E-state index in [-0.39, 0.29) is 17.6 Å². The number of nitrogens with zero attached hydrogens (tertiary/aromatic N) is 3. The first-order valence-corrected chi connectivity index (χ1v) is 11.6. The second-order valence-electron chi connectivity index (χ2n) is 8.92. The Bertz CT molecular complexity index is 1330. The van der Waals surface area contributed by atoms with Crippen molar-refractivity contribution in [3.63, 3.8) is 0 Å². The lowest BCUT2D eigenvalue weighted by atomic mass is 9.83. The van der Waals surface area contributed by atoms with E-state index >= 15 is 0 Å². The first-order chi connectivity index (χ1) is 16.6. The van der Waals surface area contributed by atoms with Crippen LogP contribution < -0.4 is 0 Å². The molecular formula is C28H23N3O3. The van der Waals surface area contributed by atoms with Crippen LogP contribution in [0.25, 0.3) is 11.1 Å². The molecular weight excluding hydrogens is 426 g/mol. The minimum absolute atomic E-state index is 0.187. The molecule has 0 aliphatic carbocycles. The number of fused-ring (bicyclic) bond motifs is 5. The summed E-state index contributed by atoms with van der Waals surface area (Å²) in [5.74, 6) is -2.05. The van der Waals surface area contributed by atoms with Crippen LogP contribution in [0.3, 0.4) is 0 Å². The summed E-state index contributed by atoms with van der Waals surface area (Å²) in [5.41, 5.74) is 4.43. The number of rotatable bonds is 4. The molecule has 3 aromatic rings. The molecule has 0 bridgehead atoms. The molecule has 0 saturated carbocycles. The van der Waals surface area contributed by atoms with Crippen LogP contribution in [0.1, 0.15) is 34.5 Å². The first kappa shape index (κ1) is 20.5.